The van der Waals surface area contributed by atoms with Crippen LogP contribution in [-0.4, -0.2) is 35.2 Å². The largest absolute Gasteiger partial charge is 0.396 e. The van der Waals surface area contributed by atoms with Crippen LogP contribution in [0.25, 0.3) is 0 Å². The van der Waals surface area contributed by atoms with Crippen LogP contribution in [0.2, 0.25) is 0 Å². The highest BCUT2D eigenvalue weighted by atomic mass is 32.2. The average Bonchev–Trinajstić information content (AvgIpc) is 2.46. The maximum Gasteiger partial charge on any atom is 0.240 e. The Balaban J connectivity index is 1.98. The fourth-order valence-electron chi connectivity index (χ4n) is 2.19. The third-order valence-corrected chi connectivity index (χ3v) is 4.95. The minimum absolute atomic E-state index is 0.0444. The van der Waals surface area contributed by atoms with E-state index in [-0.39, 0.29) is 23.7 Å². The van der Waals surface area contributed by atoms with Crippen LogP contribution >= 0.6 is 11.8 Å². The number of carbonyl (C=O) groups excluding carboxylic acids is 1. The highest BCUT2D eigenvalue weighted by molar-refractivity contribution is 8.00. The number of piperidine rings is 1. The van der Waals surface area contributed by atoms with Gasteiger partial charge in [-0.05, 0) is 36.6 Å². The third kappa shape index (κ3) is 3.74. The van der Waals surface area contributed by atoms with E-state index < -0.39 is 0 Å². The van der Waals surface area contributed by atoms with Gasteiger partial charge in [-0.2, -0.15) is 0 Å². The van der Waals surface area contributed by atoms with Gasteiger partial charge in [0.15, 0.2) is 0 Å². The van der Waals surface area contributed by atoms with Crippen molar-refractivity contribution in [3.63, 3.8) is 0 Å². The lowest BCUT2D eigenvalue weighted by Gasteiger charge is -2.32. The number of nitrogens with zero attached hydrogens (tertiary/aromatic N) is 1. The zero-order valence-corrected chi connectivity index (χ0v) is 12.1. The zero-order valence-electron chi connectivity index (χ0n) is 11.3. The Labute approximate surface area is 119 Å². The molecule has 104 valence electrons. The molecule has 1 aromatic carbocycles. The molecule has 1 amide bonds. The topological polar surface area (TPSA) is 40.5 Å². The second kappa shape index (κ2) is 6.96. The molecule has 19 heavy (non-hydrogen) atoms. The molecular formula is C15H21NO2S. The fourth-order valence-corrected chi connectivity index (χ4v) is 3.46. The maximum absolute atomic E-state index is 12.5. The lowest BCUT2D eigenvalue weighted by Crippen LogP contribution is -2.43. The van der Waals surface area contributed by atoms with E-state index in [0.717, 1.165) is 30.8 Å². The van der Waals surface area contributed by atoms with E-state index in [1.807, 2.05) is 42.2 Å². The molecule has 0 radical (unpaired) electrons. The van der Waals surface area contributed by atoms with Crippen LogP contribution in [0.4, 0.5) is 5.69 Å². The molecule has 2 rings (SSSR count). The summed E-state index contributed by atoms with van der Waals surface area (Å²) < 4.78 is 0. The van der Waals surface area contributed by atoms with Crippen molar-refractivity contribution in [3.8, 4) is 0 Å². The summed E-state index contributed by atoms with van der Waals surface area (Å²) in [6.45, 7) is 3.01. The van der Waals surface area contributed by atoms with Gasteiger partial charge in [-0.25, -0.2) is 0 Å². The summed E-state index contributed by atoms with van der Waals surface area (Å²) in [5.41, 5.74) is 0.994. The molecule has 3 nitrogen and oxygen atoms in total. The van der Waals surface area contributed by atoms with Crippen molar-refractivity contribution in [3.05, 3.63) is 30.3 Å². The predicted molar refractivity (Wildman–Crippen MR) is 80.5 cm³/mol. The number of thioether (sulfide) groups is 1. The van der Waals surface area contributed by atoms with Gasteiger partial charge < -0.3 is 10.0 Å². The van der Waals surface area contributed by atoms with Crippen LogP contribution in [0.1, 0.15) is 19.8 Å². The smallest absolute Gasteiger partial charge is 0.240 e. The number of anilines is 1. The van der Waals surface area contributed by atoms with Gasteiger partial charge in [0.05, 0.1) is 5.25 Å². The molecule has 1 N–H and O–H groups in total. The standard InChI is InChI=1S/C15H21NO2S/c1-12(10-17)11-19-14-8-5-9-16(15(14)18)13-6-3-2-4-7-13/h2-4,6-7,12,14,17H,5,8-11H2,1H3/t12-,14-/m1/s1. The van der Waals surface area contributed by atoms with Gasteiger partial charge in [-0.3, -0.25) is 4.79 Å². The van der Waals surface area contributed by atoms with E-state index in [1.54, 1.807) is 11.8 Å². The molecule has 1 aliphatic rings. The van der Waals surface area contributed by atoms with Crippen molar-refractivity contribution in [2.75, 3.05) is 23.8 Å². The number of hydrogen-bond acceptors (Lipinski definition) is 3. The normalized spacial score (nSPS) is 21.5. The summed E-state index contributed by atoms with van der Waals surface area (Å²) in [5.74, 6) is 1.31. The first-order valence-electron chi connectivity index (χ1n) is 6.81. The summed E-state index contributed by atoms with van der Waals surface area (Å²) in [6, 6.07) is 9.87. The van der Waals surface area contributed by atoms with Crippen molar-refractivity contribution in [1.82, 2.24) is 0 Å². The molecule has 1 heterocycles. The Bertz CT molecular complexity index is 410. The van der Waals surface area contributed by atoms with Gasteiger partial charge in [0.1, 0.15) is 0 Å². The molecule has 1 fully saturated rings. The molecule has 1 aromatic rings. The Hall–Kier alpha value is -1.00. The number of benzene rings is 1. The summed E-state index contributed by atoms with van der Waals surface area (Å²) in [7, 11) is 0. The monoisotopic (exact) mass is 279 g/mol. The minimum Gasteiger partial charge on any atom is -0.396 e. The van der Waals surface area contributed by atoms with Crippen molar-refractivity contribution in [2.24, 2.45) is 5.92 Å². The molecule has 0 bridgehead atoms. The van der Waals surface area contributed by atoms with E-state index in [1.165, 1.54) is 0 Å². The fraction of sp³-hybridized carbons (Fsp3) is 0.533. The van der Waals surface area contributed by atoms with Crippen molar-refractivity contribution in [2.45, 2.75) is 25.0 Å². The summed E-state index contributed by atoms with van der Waals surface area (Å²) in [5, 5.41) is 9.10. The number of amides is 1. The first kappa shape index (κ1) is 14.4. The summed E-state index contributed by atoms with van der Waals surface area (Å²) >= 11 is 1.69. The van der Waals surface area contributed by atoms with Gasteiger partial charge in [0.2, 0.25) is 5.91 Å². The molecule has 0 saturated carbocycles. The number of aliphatic hydroxyl groups excluding tert-OH is 1. The van der Waals surface area contributed by atoms with Gasteiger partial charge in [-0.1, -0.05) is 25.1 Å². The van der Waals surface area contributed by atoms with Gasteiger partial charge >= 0.3 is 0 Å². The molecule has 4 heteroatoms. The first-order valence-corrected chi connectivity index (χ1v) is 7.86. The molecule has 1 saturated heterocycles. The number of carbonyl (C=O) groups is 1. The maximum atomic E-state index is 12.5. The van der Waals surface area contributed by atoms with Gasteiger partial charge in [-0.15, -0.1) is 11.8 Å². The third-order valence-electron chi connectivity index (χ3n) is 3.35. The Kier molecular flexibility index (Phi) is 5.28. The van der Waals surface area contributed by atoms with E-state index in [4.69, 9.17) is 5.11 Å². The second-order valence-electron chi connectivity index (χ2n) is 5.08. The predicted octanol–water partition coefficient (Wildman–Crippen LogP) is 2.54. The van der Waals surface area contributed by atoms with E-state index in [2.05, 4.69) is 0 Å². The first-order chi connectivity index (χ1) is 9.22. The minimum atomic E-state index is 0.0444. The number of rotatable bonds is 5. The number of hydrogen-bond donors (Lipinski definition) is 1. The molecule has 2 atom stereocenters. The lowest BCUT2D eigenvalue weighted by atomic mass is 10.1. The van der Waals surface area contributed by atoms with Crippen LogP contribution in [0.3, 0.4) is 0 Å². The van der Waals surface area contributed by atoms with Gasteiger partial charge in [0, 0.05) is 18.8 Å². The Morgan fingerprint density at radius 3 is 2.84 bits per heavy atom. The van der Waals surface area contributed by atoms with Crippen LogP contribution < -0.4 is 4.90 Å². The number of aliphatic hydroxyl groups is 1. The molecule has 0 spiro atoms. The van der Waals surface area contributed by atoms with Crippen molar-refractivity contribution in [1.29, 1.82) is 0 Å². The molecule has 0 aromatic heterocycles. The van der Waals surface area contributed by atoms with Crippen LogP contribution in [0.15, 0.2) is 30.3 Å². The van der Waals surface area contributed by atoms with Crippen LogP contribution in [0.5, 0.6) is 0 Å². The van der Waals surface area contributed by atoms with Gasteiger partial charge in [0.25, 0.3) is 0 Å². The molecule has 0 aliphatic carbocycles. The summed E-state index contributed by atoms with van der Waals surface area (Å²) in [4.78, 5) is 14.4. The summed E-state index contributed by atoms with van der Waals surface area (Å²) in [6.07, 6.45) is 2.00. The Morgan fingerprint density at radius 1 is 1.42 bits per heavy atom. The molecular weight excluding hydrogens is 258 g/mol. The van der Waals surface area contributed by atoms with E-state index >= 15 is 0 Å². The van der Waals surface area contributed by atoms with Crippen LogP contribution in [0, 0.1) is 5.92 Å². The highest BCUT2D eigenvalue weighted by Crippen LogP contribution is 2.28. The Morgan fingerprint density at radius 2 is 2.16 bits per heavy atom. The lowest BCUT2D eigenvalue weighted by molar-refractivity contribution is -0.119. The number of para-hydroxylation sites is 1. The van der Waals surface area contributed by atoms with Crippen LogP contribution in [-0.2, 0) is 4.79 Å². The van der Waals surface area contributed by atoms with Crippen molar-refractivity contribution < 1.29 is 9.90 Å². The quantitative estimate of drug-likeness (QED) is 0.900. The molecule has 0 unspecified atom stereocenters. The average molecular weight is 279 g/mol. The van der Waals surface area contributed by atoms with Crippen molar-refractivity contribution >= 4 is 23.4 Å². The van der Waals surface area contributed by atoms with E-state index in [9.17, 15) is 4.79 Å². The van der Waals surface area contributed by atoms with E-state index in [0.29, 0.717) is 0 Å². The molecule has 1 aliphatic heterocycles. The second-order valence-corrected chi connectivity index (χ2v) is 6.31. The SMILES string of the molecule is C[C@H](CO)CS[C@@H]1CCCN(c2ccccc2)C1=O. The highest BCUT2D eigenvalue weighted by Gasteiger charge is 2.29. The zero-order chi connectivity index (χ0) is 13.7.